The van der Waals surface area contributed by atoms with E-state index in [2.05, 4.69) is 15.6 Å². The molecule has 0 saturated carbocycles. The third kappa shape index (κ3) is 4.68. The number of H-pyrrole nitrogens is 1. The maximum Gasteiger partial charge on any atom is 0.260 e. The molecular weight excluding hydrogens is 234 g/mol. The largest absolute Gasteiger partial charge is 0.383 e. The molecule has 0 aromatic carbocycles. The predicted molar refractivity (Wildman–Crippen MR) is 68.9 cm³/mol. The average Bonchev–Trinajstić information content (AvgIpc) is 2.33. The summed E-state index contributed by atoms with van der Waals surface area (Å²) in [6, 6.07) is 3.23. The van der Waals surface area contributed by atoms with Gasteiger partial charge in [-0.1, -0.05) is 0 Å². The fraction of sp³-hybridized carbons (Fsp3) is 0.500. The topological polar surface area (TPSA) is 83.2 Å². The lowest BCUT2D eigenvalue weighted by atomic mass is 10.2. The third-order valence-electron chi connectivity index (χ3n) is 2.37. The molecule has 3 N–H and O–H groups in total. The fourth-order valence-electron chi connectivity index (χ4n) is 1.41. The second kappa shape index (κ2) is 7.62. The molecule has 0 aliphatic heterocycles. The zero-order chi connectivity index (χ0) is 13.4. The van der Waals surface area contributed by atoms with E-state index in [0.29, 0.717) is 19.7 Å². The van der Waals surface area contributed by atoms with Crippen LogP contribution >= 0.6 is 0 Å². The molecule has 0 unspecified atom stereocenters. The van der Waals surface area contributed by atoms with E-state index in [0.717, 1.165) is 12.2 Å². The van der Waals surface area contributed by atoms with E-state index in [1.165, 1.54) is 6.07 Å². The lowest BCUT2D eigenvalue weighted by molar-refractivity contribution is 0.0952. The van der Waals surface area contributed by atoms with E-state index in [-0.39, 0.29) is 17.0 Å². The minimum Gasteiger partial charge on any atom is -0.383 e. The Morgan fingerprint density at radius 1 is 1.33 bits per heavy atom. The summed E-state index contributed by atoms with van der Waals surface area (Å²) in [4.78, 5) is 25.8. The number of methoxy groups -OCH3 is 1. The van der Waals surface area contributed by atoms with Crippen molar-refractivity contribution >= 4 is 5.91 Å². The van der Waals surface area contributed by atoms with Crippen molar-refractivity contribution in [2.75, 3.05) is 33.4 Å². The van der Waals surface area contributed by atoms with Crippen LogP contribution in [-0.4, -0.2) is 44.2 Å². The van der Waals surface area contributed by atoms with E-state index in [1.807, 2.05) is 0 Å². The van der Waals surface area contributed by atoms with E-state index < -0.39 is 0 Å². The molecule has 0 aliphatic carbocycles. The number of aromatic amines is 1. The molecule has 0 spiro atoms. The number of aryl methyl sites for hydroxylation is 1. The number of ether oxygens (including phenoxy) is 1. The van der Waals surface area contributed by atoms with E-state index in [1.54, 1.807) is 20.1 Å². The Labute approximate surface area is 106 Å². The van der Waals surface area contributed by atoms with Crippen LogP contribution in [0, 0.1) is 6.92 Å². The monoisotopic (exact) mass is 253 g/mol. The van der Waals surface area contributed by atoms with Gasteiger partial charge in [-0.05, 0) is 19.1 Å². The molecule has 18 heavy (non-hydrogen) atoms. The van der Waals surface area contributed by atoms with Crippen molar-refractivity contribution in [3.05, 3.63) is 33.7 Å². The van der Waals surface area contributed by atoms with Crippen molar-refractivity contribution in [3.8, 4) is 0 Å². The van der Waals surface area contributed by atoms with Gasteiger partial charge in [0, 0.05) is 32.4 Å². The Hall–Kier alpha value is -1.66. The van der Waals surface area contributed by atoms with Crippen LogP contribution in [0.3, 0.4) is 0 Å². The van der Waals surface area contributed by atoms with Crippen molar-refractivity contribution in [2.45, 2.75) is 6.92 Å². The predicted octanol–water partition coefficient (Wildman–Crippen LogP) is -0.351. The molecule has 1 heterocycles. The highest BCUT2D eigenvalue weighted by atomic mass is 16.5. The van der Waals surface area contributed by atoms with Gasteiger partial charge < -0.3 is 20.4 Å². The van der Waals surface area contributed by atoms with Gasteiger partial charge in [0.1, 0.15) is 5.56 Å². The molecule has 1 amide bonds. The lowest BCUT2D eigenvalue weighted by Crippen LogP contribution is -2.35. The number of aromatic nitrogens is 1. The van der Waals surface area contributed by atoms with Gasteiger partial charge in [0.05, 0.1) is 6.61 Å². The maximum absolute atomic E-state index is 11.7. The number of hydrogen-bond acceptors (Lipinski definition) is 4. The Morgan fingerprint density at radius 2 is 2.11 bits per heavy atom. The summed E-state index contributed by atoms with van der Waals surface area (Å²) in [7, 11) is 1.63. The van der Waals surface area contributed by atoms with Gasteiger partial charge in [0.25, 0.3) is 11.5 Å². The number of carbonyl (C=O) groups is 1. The number of carbonyl (C=O) groups excluding carboxylic acids is 1. The van der Waals surface area contributed by atoms with Crippen LogP contribution in [-0.2, 0) is 4.74 Å². The van der Waals surface area contributed by atoms with Gasteiger partial charge in [-0.25, -0.2) is 0 Å². The zero-order valence-corrected chi connectivity index (χ0v) is 10.7. The van der Waals surface area contributed by atoms with Gasteiger partial charge in [0.2, 0.25) is 0 Å². The van der Waals surface area contributed by atoms with E-state index >= 15 is 0 Å². The van der Waals surface area contributed by atoms with Crippen molar-refractivity contribution in [1.82, 2.24) is 15.6 Å². The molecule has 0 bridgehead atoms. The summed E-state index contributed by atoms with van der Waals surface area (Å²) >= 11 is 0. The highest BCUT2D eigenvalue weighted by molar-refractivity contribution is 5.93. The van der Waals surface area contributed by atoms with Gasteiger partial charge in [-0.15, -0.1) is 0 Å². The molecule has 6 heteroatoms. The quantitative estimate of drug-likeness (QED) is 0.580. The summed E-state index contributed by atoms with van der Waals surface area (Å²) in [5, 5.41) is 5.77. The normalized spacial score (nSPS) is 10.3. The van der Waals surface area contributed by atoms with E-state index in [9.17, 15) is 9.59 Å². The first kappa shape index (κ1) is 14.4. The smallest absolute Gasteiger partial charge is 0.260 e. The first-order valence-electron chi connectivity index (χ1n) is 5.83. The SMILES string of the molecule is COCCNCCNC(=O)c1ccc(C)[nH]c1=O. The molecule has 0 atom stereocenters. The number of amides is 1. The molecule has 6 nitrogen and oxygen atoms in total. The van der Waals surface area contributed by atoms with Crippen LogP contribution in [0.4, 0.5) is 0 Å². The van der Waals surface area contributed by atoms with E-state index in [4.69, 9.17) is 4.74 Å². The molecule has 0 aliphatic rings. The van der Waals surface area contributed by atoms with Crippen LogP contribution in [0.2, 0.25) is 0 Å². The molecular formula is C12H19N3O3. The summed E-state index contributed by atoms with van der Waals surface area (Å²) in [6.07, 6.45) is 0. The Balaban J connectivity index is 2.34. The van der Waals surface area contributed by atoms with Crippen molar-refractivity contribution in [1.29, 1.82) is 0 Å². The van der Waals surface area contributed by atoms with Crippen LogP contribution < -0.4 is 16.2 Å². The van der Waals surface area contributed by atoms with Crippen LogP contribution in [0.5, 0.6) is 0 Å². The van der Waals surface area contributed by atoms with Gasteiger partial charge >= 0.3 is 0 Å². The molecule has 1 aromatic heterocycles. The Bertz CT molecular complexity index is 442. The van der Waals surface area contributed by atoms with Crippen LogP contribution in [0.15, 0.2) is 16.9 Å². The standard InChI is InChI=1S/C12H19N3O3/c1-9-3-4-10(12(17)15-9)11(16)14-6-5-13-7-8-18-2/h3-4,13H,5-8H2,1-2H3,(H,14,16)(H,15,17). The van der Waals surface area contributed by atoms with Crippen molar-refractivity contribution in [2.24, 2.45) is 0 Å². The summed E-state index contributed by atoms with van der Waals surface area (Å²) in [6.45, 7) is 4.24. The highest BCUT2D eigenvalue weighted by Gasteiger charge is 2.08. The molecule has 0 fully saturated rings. The molecule has 1 rings (SSSR count). The summed E-state index contributed by atoms with van der Waals surface area (Å²) in [5.41, 5.74) is 0.509. The Morgan fingerprint density at radius 3 is 2.78 bits per heavy atom. The minimum absolute atomic E-state index is 0.137. The summed E-state index contributed by atoms with van der Waals surface area (Å²) in [5.74, 6) is -0.357. The molecule has 0 saturated heterocycles. The first-order valence-corrected chi connectivity index (χ1v) is 5.83. The number of pyridine rings is 1. The number of nitrogens with one attached hydrogen (secondary N) is 3. The second-order valence-electron chi connectivity index (χ2n) is 3.88. The van der Waals surface area contributed by atoms with Gasteiger partial charge in [-0.2, -0.15) is 0 Å². The average molecular weight is 253 g/mol. The highest BCUT2D eigenvalue weighted by Crippen LogP contribution is 1.92. The molecule has 0 radical (unpaired) electrons. The third-order valence-corrected chi connectivity index (χ3v) is 2.37. The van der Waals surface area contributed by atoms with Crippen LogP contribution in [0.1, 0.15) is 16.1 Å². The van der Waals surface area contributed by atoms with Crippen molar-refractivity contribution in [3.63, 3.8) is 0 Å². The van der Waals surface area contributed by atoms with Crippen molar-refractivity contribution < 1.29 is 9.53 Å². The van der Waals surface area contributed by atoms with Gasteiger partial charge in [-0.3, -0.25) is 9.59 Å². The number of hydrogen-bond donors (Lipinski definition) is 3. The first-order chi connectivity index (χ1) is 8.65. The minimum atomic E-state index is -0.361. The molecule has 1 aromatic rings. The number of rotatable bonds is 7. The lowest BCUT2D eigenvalue weighted by Gasteiger charge is -2.06. The molecule has 100 valence electrons. The van der Waals surface area contributed by atoms with Crippen LogP contribution in [0.25, 0.3) is 0 Å². The zero-order valence-electron chi connectivity index (χ0n) is 10.7. The Kier molecular flexibility index (Phi) is 6.10. The maximum atomic E-state index is 11.7. The van der Waals surface area contributed by atoms with Gasteiger partial charge in [0.15, 0.2) is 0 Å². The summed E-state index contributed by atoms with van der Waals surface area (Å²) < 4.78 is 4.87. The fourth-order valence-corrected chi connectivity index (χ4v) is 1.41. The second-order valence-corrected chi connectivity index (χ2v) is 3.88.